The van der Waals surface area contributed by atoms with Gasteiger partial charge in [-0.05, 0) is 37.3 Å². The number of carbonyl (C=O) groups is 1. The minimum absolute atomic E-state index is 0.00828. The third kappa shape index (κ3) is 3.40. The average Bonchev–Trinajstić information content (AvgIpc) is 2.85. The molecule has 0 spiro atoms. The van der Waals surface area contributed by atoms with Crippen LogP contribution in [0.2, 0.25) is 5.02 Å². The van der Waals surface area contributed by atoms with E-state index >= 15 is 0 Å². The van der Waals surface area contributed by atoms with E-state index < -0.39 is 15.9 Å². The Morgan fingerprint density at radius 3 is 2.71 bits per heavy atom. The summed E-state index contributed by atoms with van der Waals surface area (Å²) in [6, 6.07) is 4.86. The highest BCUT2D eigenvalue weighted by Gasteiger charge is 2.34. The number of aryl methyl sites for hydroxylation is 1. The zero-order chi connectivity index (χ0) is 15.6. The number of carbonyl (C=O) groups excluding carboxylic acids is 1. The van der Waals surface area contributed by atoms with Crippen LogP contribution in [0.4, 0.5) is 0 Å². The van der Waals surface area contributed by atoms with Gasteiger partial charge in [0.25, 0.3) is 10.0 Å². The summed E-state index contributed by atoms with van der Waals surface area (Å²) < 4.78 is 27.0. The van der Waals surface area contributed by atoms with Crippen molar-refractivity contribution in [2.24, 2.45) is 11.8 Å². The summed E-state index contributed by atoms with van der Waals surface area (Å²) in [7, 11) is -3.92. The van der Waals surface area contributed by atoms with E-state index in [1.807, 2.05) is 6.92 Å². The predicted octanol–water partition coefficient (Wildman–Crippen LogP) is 3.28. The van der Waals surface area contributed by atoms with Crippen molar-refractivity contribution in [3.63, 3.8) is 0 Å². The number of halogens is 1. The molecule has 1 fully saturated rings. The molecule has 1 N–H and O–H groups in total. The zero-order valence-electron chi connectivity index (χ0n) is 12.2. The predicted molar refractivity (Wildman–Crippen MR) is 82.6 cm³/mol. The van der Waals surface area contributed by atoms with Gasteiger partial charge in [0, 0.05) is 5.92 Å². The SMILES string of the molecule is CCC1CCCC1C(=O)NS(=O)(=O)c1c(C)cccc1Cl. The van der Waals surface area contributed by atoms with Crippen LogP contribution in [0.5, 0.6) is 0 Å². The second kappa shape index (κ2) is 6.36. The minimum atomic E-state index is -3.92. The highest BCUT2D eigenvalue weighted by Crippen LogP contribution is 2.34. The van der Waals surface area contributed by atoms with E-state index in [1.54, 1.807) is 19.1 Å². The van der Waals surface area contributed by atoms with Crippen molar-refractivity contribution in [2.45, 2.75) is 44.4 Å². The van der Waals surface area contributed by atoms with Crippen molar-refractivity contribution in [3.05, 3.63) is 28.8 Å². The van der Waals surface area contributed by atoms with Crippen LogP contribution < -0.4 is 4.72 Å². The second-order valence-electron chi connectivity index (χ2n) is 5.56. The second-order valence-corrected chi connectivity index (χ2v) is 7.59. The van der Waals surface area contributed by atoms with Crippen molar-refractivity contribution >= 4 is 27.5 Å². The maximum absolute atomic E-state index is 12.4. The molecule has 1 aliphatic rings. The molecule has 0 aromatic heterocycles. The number of sulfonamides is 1. The van der Waals surface area contributed by atoms with E-state index in [2.05, 4.69) is 4.72 Å². The molecule has 1 amide bonds. The number of rotatable bonds is 4. The van der Waals surface area contributed by atoms with Gasteiger partial charge in [-0.1, -0.05) is 43.5 Å². The third-order valence-corrected chi connectivity index (χ3v) is 6.16. The lowest BCUT2D eigenvalue weighted by atomic mass is 9.93. The van der Waals surface area contributed by atoms with Gasteiger partial charge in [0.1, 0.15) is 4.90 Å². The minimum Gasteiger partial charge on any atom is -0.274 e. The molecule has 1 aromatic carbocycles. The molecule has 4 nitrogen and oxygen atoms in total. The molecule has 2 unspecified atom stereocenters. The summed E-state index contributed by atoms with van der Waals surface area (Å²) in [5, 5.41) is 0.133. The van der Waals surface area contributed by atoms with Crippen LogP contribution >= 0.6 is 11.6 Å². The third-order valence-electron chi connectivity index (χ3n) is 4.19. The van der Waals surface area contributed by atoms with E-state index in [0.29, 0.717) is 5.56 Å². The Morgan fingerprint density at radius 2 is 2.10 bits per heavy atom. The van der Waals surface area contributed by atoms with Crippen LogP contribution in [-0.4, -0.2) is 14.3 Å². The largest absolute Gasteiger partial charge is 0.274 e. The fourth-order valence-corrected chi connectivity index (χ4v) is 4.95. The Bertz CT molecular complexity index is 622. The van der Waals surface area contributed by atoms with Crippen LogP contribution in [0.25, 0.3) is 0 Å². The first kappa shape index (κ1) is 16.3. The molecule has 1 saturated carbocycles. The Kier molecular flexibility index (Phi) is 4.94. The first-order valence-corrected chi connectivity index (χ1v) is 9.04. The first-order chi connectivity index (χ1) is 9.86. The van der Waals surface area contributed by atoms with Gasteiger partial charge in [0.2, 0.25) is 5.91 Å². The van der Waals surface area contributed by atoms with Gasteiger partial charge in [-0.25, -0.2) is 13.1 Å². The fourth-order valence-electron chi connectivity index (χ4n) is 3.09. The summed E-state index contributed by atoms with van der Waals surface area (Å²) in [4.78, 5) is 12.3. The number of benzene rings is 1. The van der Waals surface area contributed by atoms with Crippen LogP contribution in [-0.2, 0) is 14.8 Å². The molecule has 0 heterocycles. The summed E-state index contributed by atoms with van der Waals surface area (Å²) in [5.41, 5.74) is 0.529. The average molecular weight is 330 g/mol. The molecule has 1 aliphatic carbocycles. The molecule has 116 valence electrons. The number of hydrogen-bond acceptors (Lipinski definition) is 3. The number of amides is 1. The van der Waals surface area contributed by atoms with Crippen molar-refractivity contribution < 1.29 is 13.2 Å². The van der Waals surface area contributed by atoms with Gasteiger partial charge < -0.3 is 0 Å². The molecular weight excluding hydrogens is 310 g/mol. The number of nitrogens with one attached hydrogen (secondary N) is 1. The van der Waals surface area contributed by atoms with E-state index in [-0.39, 0.29) is 21.8 Å². The van der Waals surface area contributed by atoms with Crippen LogP contribution in [0.1, 0.15) is 38.2 Å². The van der Waals surface area contributed by atoms with Crippen LogP contribution in [0, 0.1) is 18.8 Å². The van der Waals surface area contributed by atoms with Crippen LogP contribution in [0.15, 0.2) is 23.1 Å². The summed E-state index contributed by atoms with van der Waals surface area (Å²) >= 11 is 5.98. The molecule has 2 rings (SSSR count). The van der Waals surface area contributed by atoms with Gasteiger partial charge in [0.05, 0.1) is 5.02 Å². The molecule has 2 atom stereocenters. The van der Waals surface area contributed by atoms with E-state index in [0.717, 1.165) is 25.7 Å². The quantitative estimate of drug-likeness (QED) is 0.922. The van der Waals surface area contributed by atoms with Crippen molar-refractivity contribution in [1.29, 1.82) is 0 Å². The number of hydrogen-bond donors (Lipinski definition) is 1. The van der Waals surface area contributed by atoms with E-state index in [4.69, 9.17) is 11.6 Å². The summed E-state index contributed by atoms with van der Waals surface area (Å²) in [6.07, 6.45) is 3.60. The van der Waals surface area contributed by atoms with Crippen LogP contribution in [0.3, 0.4) is 0 Å². The molecule has 0 aliphatic heterocycles. The lowest BCUT2D eigenvalue weighted by Gasteiger charge is -2.18. The Balaban J connectivity index is 2.24. The maximum atomic E-state index is 12.4. The van der Waals surface area contributed by atoms with E-state index in [1.165, 1.54) is 6.07 Å². The molecular formula is C15H20ClNO3S. The summed E-state index contributed by atoms with van der Waals surface area (Å²) in [5.74, 6) is -0.348. The fraction of sp³-hybridized carbons (Fsp3) is 0.533. The van der Waals surface area contributed by atoms with Gasteiger partial charge in [-0.15, -0.1) is 0 Å². The Morgan fingerprint density at radius 1 is 1.38 bits per heavy atom. The highest BCUT2D eigenvalue weighted by atomic mass is 35.5. The van der Waals surface area contributed by atoms with E-state index in [9.17, 15) is 13.2 Å². The highest BCUT2D eigenvalue weighted by molar-refractivity contribution is 7.90. The standard InChI is InChI=1S/C15H20ClNO3S/c1-3-11-7-5-8-12(11)15(18)17-21(19,20)14-10(2)6-4-9-13(14)16/h4,6,9,11-12H,3,5,7-8H2,1-2H3,(H,17,18). The normalized spacial score (nSPS) is 22.2. The summed E-state index contributed by atoms with van der Waals surface area (Å²) in [6.45, 7) is 3.69. The molecule has 6 heteroatoms. The lowest BCUT2D eigenvalue weighted by molar-refractivity contribution is -0.124. The monoisotopic (exact) mass is 329 g/mol. The van der Waals surface area contributed by atoms with Crippen molar-refractivity contribution in [3.8, 4) is 0 Å². The molecule has 0 bridgehead atoms. The van der Waals surface area contributed by atoms with Gasteiger partial charge in [-0.3, -0.25) is 4.79 Å². The van der Waals surface area contributed by atoms with Gasteiger partial charge >= 0.3 is 0 Å². The van der Waals surface area contributed by atoms with Crippen molar-refractivity contribution in [1.82, 2.24) is 4.72 Å². The van der Waals surface area contributed by atoms with Gasteiger partial charge in [0.15, 0.2) is 0 Å². The zero-order valence-corrected chi connectivity index (χ0v) is 13.8. The Labute approximate surface area is 130 Å². The topological polar surface area (TPSA) is 63.2 Å². The molecule has 21 heavy (non-hydrogen) atoms. The lowest BCUT2D eigenvalue weighted by Crippen LogP contribution is -2.37. The smallest absolute Gasteiger partial charge is 0.265 e. The molecule has 0 saturated heterocycles. The first-order valence-electron chi connectivity index (χ1n) is 7.18. The molecule has 0 radical (unpaired) electrons. The van der Waals surface area contributed by atoms with Crippen molar-refractivity contribution in [2.75, 3.05) is 0 Å². The Hall–Kier alpha value is -1.07. The molecule has 1 aromatic rings. The maximum Gasteiger partial charge on any atom is 0.265 e. The van der Waals surface area contributed by atoms with Gasteiger partial charge in [-0.2, -0.15) is 0 Å².